The van der Waals surface area contributed by atoms with E-state index in [4.69, 9.17) is 16.9 Å². The number of amides is 1. The summed E-state index contributed by atoms with van der Waals surface area (Å²) in [5, 5.41) is 17.1. The lowest BCUT2D eigenvalue weighted by Gasteiger charge is -2.27. The summed E-state index contributed by atoms with van der Waals surface area (Å²) >= 11 is 5.55. The van der Waals surface area contributed by atoms with Crippen molar-refractivity contribution in [1.82, 2.24) is 15.5 Å². The number of hydrogen-bond donors (Lipinski definition) is 3. The largest absolute Gasteiger partial charge is 0.417 e. The molecule has 6 nitrogen and oxygen atoms in total. The molecule has 1 fully saturated rings. The van der Waals surface area contributed by atoms with Crippen molar-refractivity contribution < 1.29 is 18.0 Å². The second-order valence-electron chi connectivity index (χ2n) is 5.85. The van der Waals surface area contributed by atoms with Gasteiger partial charge in [-0.1, -0.05) is 11.6 Å². The minimum atomic E-state index is -4.60. The Bertz CT molecular complexity index is 739. The fraction of sp³-hybridized carbons (Fsp3) is 0.412. The highest BCUT2D eigenvalue weighted by atomic mass is 35.5. The van der Waals surface area contributed by atoms with E-state index in [2.05, 4.69) is 20.9 Å². The number of carbonyl (C=O) groups excluding carboxylic acids is 1. The molecule has 0 atom stereocenters. The lowest BCUT2D eigenvalue weighted by atomic mass is 10.2. The normalized spacial score (nSPS) is 15.9. The number of anilines is 1. The zero-order valence-corrected chi connectivity index (χ0v) is 15.1. The molecule has 1 saturated heterocycles. The fourth-order valence-corrected chi connectivity index (χ4v) is 2.72. The Morgan fingerprint density at radius 1 is 1.37 bits per heavy atom. The third-order valence-corrected chi connectivity index (χ3v) is 4.27. The first-order valence-corrected chi connectivity index (χ1v) is 8.64. The van der Waals surface area contributed by atoms with E-state index in [9.17, 15) is 18.0 Å². The smallest absolute Gasteiger partial charge is 0.360 e. The first-order chi connectivity index (χ1) is 12.8. The molecule has 0 spiro atoms. The third kappa shape index (κ3) is 6.43. The molecule has 1 aromatic rings. The molecule has 1 aromatic carbocycles. The van der Waals surface area contributed by atoms with E-state index in [-0.39, 0.29) is 11.3 Å². The van der Waals surface area contributed by atoms with E-state index >= 15 is 0 Å². The van der Waals surface area contributed by atoms with Gasteiger partial charge in [-0.25, -0.2) is 0 Å². The van der Waals surface area contributed by atoms with Crippen LogP contribution >= 0.6 is 11.6 Å². The fourth-order valence-electron chi connectivity index (χ4n) is 2.49. The van der Waals surface area contributed by atoms with Gasteiger partial charge in [-0.15, -0.1) is 0 Å². The molecule has 0 bridgehead atoms. The highest BCUT2D eigenvalue weighted by Gasteiger charge is 2.33. The molecule has 1 heterocycles. The van der Waals surface area contributed by atoms with Crippen LogP contribution in [0.2, 0.25) is 5.02 Å². The molecular weight excluding hydrogens is 383 g/mol. The number of piperazine rings is 1. The molecular formula is C17H19ClF3N5O. The zero-order valence-electron chi connectivity index (χ0n) is 14.4. The van der Waals surface area contributed by atoms with Gasteiger partial charge in [-0.3, -0.25) is 9.69 Å². The van der Waals surface area contributed by atoms with E-state index in [0.29, 0.717) is 13.1 Å². The summed E-state index contributed by atoms with van der Waals surface area (Å²) in [7, 11) is 0. The quantitative estimate of drug-likeness (QED) is 0.503. The van der Waals surface area contributed by atoms with Crippen LogP contribution in [0.5, 0.6) is 0 Å². The van der Waals surface area contributed by atoms with Crippen molar-refractivity contribution in [2.24, 2.45) is 0 Å². The van der Waals surface area contributed by atoms with Gasteiger partial charge in [0, 0.05) is 51.2 Å². The monoisotopic (exact) mass is 401 g/mol. The van der Waals surface area contributed by atoms with E-state index < -0.39 is 22.7 Å². The summed E-state index contributed by atoms with van der Waals surface area (Å²) in [6.45, 7) is 4.58. The average molecular weight is 402 g/mol. The first kappa shape index (κ1) is 21.0. The van der Waals surface area contributed by atoms with Crippen LogP contribution in [0.15, 0.2) is 30.0 Å². The number of hydrogen-bond acceptors (Lipinski definition) is 5. The number of halogens is 4. The third-order valence-electron chi connectivity index (χ3n) is 3.94. The Hall–Kier alpha value is -2.28. The number of nitrogens with zero attached hydrogens (tertiary/aromatic N) is 2. The molecule has 0 unspecified atom stereocenters. The Morgan fingerprint density at radius 2 is 2.07 bits per heavy atom. The van der Waals surface area contributed by atoms with Crippen LogP contribution in [-0.4, -0.2) is 50.1 Å². The lowest BCUT2D eigenvalue weighted by molar-refractivity contribution is -0.137. The van der Waals surface area contributed by atoms with Gasteiger partial charge < -0.3 is 16.0 Å². The van der Waals surface area contributed by atoms with Gasteiger partial charge in [0.2, 0.25) is 0 Å². The number of carbonyl (C=O) groups is 1. The Kier molecular flexibility index (Phi) is 7.47. The molecule has 27 heavy (non-hydrogen) atoms. The maximum absolute atomic E-state index is 12.9. The van der Waals surface area contributed by atoms with Crippen molar-refractivity contribution in [3.63, 3.8) is 0 Å². The van der Waals surface area contributed by atoms with Crippen molar-refractivity contribution in [2.45, 2.75) is 6.18 Å². The van der Waals surface area contributed by atoms with Gasteiger partial charge in [0.05, 0.1) is 10.6 Å². The molecule has 3 N–H and O–H groups in total. The van der Waals surface area contributed by atoms with Crippen molar-refractivity contribution in [3.8, 4) is 6.07 Å². The summed E-state index contributed by atoms with van der Waals surface area (Å²) in [6.07, 6.45) is -3.53. The number of nitriles is 1. The van der Waals surface area contributed by atoms with Gasteiger partial charge in [0.1, 0.15) is 11.6 Å². The summed E-state index contributed by atoms with van der Waals surface area (Å²) < 4.78 is 38.6. The predicted molar refractivity (Wildman–Crippen MR) is 96.1 cm³/mol. The molecule has 0 saturated carbocycles. The van der Waals surface area contributed by atoms with E-state index in [1.807, 2.05) is 0 Å². The van der Waals surface area contributed by atoms with Crippen LogP contribution in [0.1, 0.15) is 5.56 Å². The van der Waals surface area contributed by atoms with Crippen molar-refractivity contribution >= 4 is 23.2 Å². The van der Waals surface area contributed by atoms with Gasteiger partial charge >= 0.3 is 6.18 Å². The van der Waals surface area contributed by atoms with Crippen LogP contribution in [0.3, 0.4) is 0 Å². The summed E-state index contributed by atoms with van der Waals surface area (Å²) in [4.78, 5) is 14.2. The first-order valence-electron chi connectivity index (χ1n) is 8.26. The zero-order chi connectivity index (χ0) is 19.9. The van der Waals surface area contributed by atoms with Gasteiger partial charge in [-0.2, -0.15) is 18.4 Å². The molecule has 1 amide bonds. The van der Waals surface area contributed by atoms with Crippen LogP contribution < -0.4 is 16.0 Å². The number of benzene rings is 1. The predicted octanol–water partition coefficient (Wildman–Crippen LogP) is 2.20. The molecule has 1 aliphatic rings. The standard InChI is InChI=1S/C17H19ClF3N5O/c18-15-2-1-13(9-14(15)17(19,20)21)25-11-12(10-22)16(27)24-5-8-26-6-3-23-4-7-26/h1-2,9,11,23,25H,3-8H2,(H,24,27)/b12-11-. The van der Waals surface area contributed by atoms with Gasteiger partial charge in [-0.05, 0) is 18.2 Å². The van der Waals surface area contributed by atoms with Gasteiger partial charge in [0.25, 0.3) is 5.91 Å². The van der Waals surface area contributed by atoms with Crippen LogP contribution in [-0.2, 0) is 11.0 Å². The maximum atomic E-state index is 12.9. The second kappa shape index (κ2) is 9.60. The highest BCUT2D eigenvalue weighted by molar-refractivity contribution is 6.31. The Labute approximate surface area is 160 Å². The van der Waals surface area contributed by atoms with Crippen molar-refractivity contribution in [1.29, 1.82) is 5.26 Å². The maximum Gasteiger partial charge on any atom is 0.417 e. The number of rotatable bonds is 6. The Morgan fingerprint density at radius 3 is 2.70 bits per heavy atom. The SMILES string of the molecule is N#C/C(=C/Nc1ccc(Cl)c(C(F)(F)F)c1)C(=O)NCCN1CCNCC1. The van der Waals surface area contributed by atoms with Gasteiger partial charge in [0.15, 0.2) is 0 Å². The molecule has 146 valence electrons. The molecule has 1 aliphatic heterocycles. The average Bonchev–Trinajstić information content (AvgIpc) is 2.63. The minimum absolute atomic E-state index is 0.0630. The topological polar surface area (TPSA) is 80.2 Å². The number of nitrogens with one attached hydrogen (secondary N) is 3. The molecule has 10 heteroatoms. The van der Waals surface area contributed by atoms with Crippen molar-refractivity contribution in [3.05, 3.63) is 40.6 Å². The molecule has 0 aliphatic carbocycles. The minimum Gasteiger partial charge on any atom is -0.360 e. The van der Waals surface area contributed by atoms with Crippen molar-refractivity contribution in [2.75, 3.05) is 44.6 Å². The van der Waals surface area contributed by atoms with Crippen LogP contribution in [0.25, 0.3) is 0 Å². The summed E-state index contributed by atoms with van der Waals surface area (Å²) in [5.74, 6) is -0.592. The van der Waals surface area contributed by atoms with E-state index in [0.717, 1.165) is 44.5 Å². The molecule has 2 rings (SSSR count). The Balaban J connectivity index is 1.93. The van der Waals surface area contributed by atoms with Crippen LogP contribution in [0, 0.1) is 11.3 Å². The second-order valence-corrected chi connectivity index (χ2v) is 6.26. The number of alkyl halides is 3. The van der Waals surface area contributed by atoms with E-state index in [1.165, 1.54) is 6.07 Å². The lowest BCUT2D eigenvalue weighted by Crippen LogP contribution is -2.46. The molecule has 0 radical (unpaired) electrons. The summed E-state index contributed by atoms with van der Waals surface area (Å²) in [5.41, 5.74) is -1.17. The highest BCUT2D eigenvalue weighted by Crippen LogP contribution is 2.36. The van der Waals surface area contributed by atoms with Crippen LogP contribution in [0.4, 0.5) is 18.9 Å². The van der Waals surface area contributed by atoms with E-state index in [1.54, 1.807) is 6.07 Å². The molecule has 0 aromatic heterocycles. The summed E-state index contributed by atoms with van der Waals surface area (Å²) in [6, 6.07) is 4.97.